The number of aromatic nitrogens is 3. The molecule has 1 N–H and O–H groups in total. The van der Waals surface area contributed by atoms with Crippen molar-refractivity contribution in [2.24, 2.45) is 5.92 Å². The Bertz CT molecular complexity index is 465. The van der Waals surface area contributed by atoms with Gasteiger partial charge in [-0.1, -0.05) is 13.8 Å². The molecule has 2 rings (SSSR count). The van der Waals surface area contributed by atoms with Crippen LogP contribution in [-0.2, 0) is 0 Å². The zero-order valence-electron chi connectivity index (χ0n) is 13.8. The predicted molar refractivity (Wildman–Crippen MR) is 85.0 cm³/mol. The molecule has 1 saturated heterocycles. The maximum Gasteiger partial charge on any atom is 0.323 e. The van der Waals surface area contributed by atoms with E-state index in [9.17, 15) is 0 Å². The highest BCUT2D eigenvalue weighted by atomic mass is 16.5. The van der Waals surface area contributed by atoms with Crippen molar-refractivity contribution in [1.82, 2.24) is 15.0 Å². The summed E-state index contributed by atoms with van der Waals surface area (Å²) >= 11 is 0. The molecular weight excluding hydrogens is 266 g/mol. The summed E-state index contributed by atoms with van der Waals surface area (Å²) in [5, 5.41) is 3.23. The van der Waals surface area contributed by atoms with Gasteiger partial charge in [0.25, 0.3) is 0 Å². The van der Waals surface area contributed by atoms with Crippen molar-refractivity contribution < 1.29 is 4.74 Å². The van der Waals surface area contributed by atoms with Gasteiger partial charge in [0.2, 0.25) is 11.9 Å². The van der Waals surface area contributed by atoms with Gasteiger partial charge < -0.3 is 15.0 Å². The first kappa shape index (κ1) is 15.8. The zero-order chi connectivity index (χ0) is 15.4. The van der Waals surface area contributed by atoms with E-state index in [1.807, 2.05) is 13.8 Å². The lowest BCUT2D eigenvalue weighted by Gasteiger charge is -2.22. The number of nitrogens with zero attached hydrogens (tertiary/aromatic N) is 4. The molecule has 0 aromatic carbocycles. The molecule has 2 heterocycles. The van der Waals surface area contributed by atoms with Gasteiger partial charge in [-0.2, -0.15) is 15.0 Å². The molecule has 0 bridgehead atoms. The van der Waals surface area contributed by atoms with E-state index in [4.69, 9.17) is 4.74 Å². The topological polar surface area (TPSA) is 63.2 Å². The standard InChI is InChI=1S/C15H27N5O/c1-6-7-16-13-17-14(19-15(18-13)21-10(2)3)20-9-11(4)8-12(20)5/h10-12H,6-9H2,1-5H3,(H,16,17,18,19). The summed E-state index contributed by atoms with van der Waals surface area (Å²) in [6.45, 7) is 12.4. The van der Waals surface area contributed by atoms with Crippen LogP contribution in [0.4, 0.5) is 11.9 Å². The second-order valence-electron chi connectivity index (χ2n) is 6.18. The van der Waals surface area contributed by atoms with Crippen LogP contribution in [0, 0.1) is 5.92 Å². The Hall–Kier alpha value is -1.59. The Labute approximate surface area is 127 Å². The molecule has 0 aliphatic carbocycles. The highest BCUT2D eigenvalue weighted by Crippen LogP contribution is 2.27. The average molecular weight is 293 g/mol. The Balaban J connectivity index is 2.25. The molecule has 6 nitrogen and oxygen atoms in total. The molecule has 1 fully saturated rings. The van der Waals surface area contributed by atoms with Gasteiger partial charge in [-0.25, -0.2) is 0 Å². The van der Waals surface area contributed by atoms with Crippen LogP contribution in [0.15, 0.2) is 0 Å². The normalized spacial score (nSPS) is 21.9. The molecule has 118 valence electrons. The van der Waals surface area contributed by atoms with E-state index in [1.54, 1.807) is 0 Å². The van der Waals surface area contributed by atoms with Crippen molar-refractivity contribution in [2.75, 3.05) is 23.3 Å². The smallest absolute Gasteiger partial charge is 0.323 e. The molecular formula is C15H27N5O. The Morgan fingerprint density at radius 1 is 1.29 bits per heavy atom. The Morgan fingerprint density at radius 3 is 2.62 bits per heavy atom. The third-order valence-electron chi connectivity index (χ3n) is 3.52. The van der Waals surface area contributed by atoms with Crippen LogP contribution in [-0.4, -0.2) is 40.2 Å². The van der Waals surface area contributed by atoms with Gasteiger partial charge in [0.1, 0.15) is 0 Å². The lowest BCUT2D eigenvalue weighted by atomic mass is 10.1. The predicted octanol–water partition coefficient (Wildman–Crippen LogP) is 2.72. The minimum atomic E-state index is 0.0502. The van der Waals surface area contributed by atoms with Crippen molar-refractivity contribution in [3.8, 4) is 6.01 Å². The summed E-state index contributed by atoms with van der Waals surface area (Å²) in [6.07, 6.45) is 2.25. The van der Waals surface area contributed by atoms with E-state index >= 15 is 0 Å². The van der Waals surface area contributed by atoms with Gasteiger partial charge in [0, 0.05) is 19.1 Å². The SMILES string of the molecule is CCCNc1nc(OC(C)C)nc(N2CC(C)CC2C)n1. The second-order valence-corrected chi connectivity index (χ2v) is 6.18. The summed E-state index contributed by atoms with van der Waals surface area (Å²) < 4.78 is 5.67. The van der Waals surface area contributed by atoms with Gasteiger partial charge in [-0.15, -0.1) is 0 Å². The maximum atomic E-state index is 5.67. The third kappa shape index (κ3) is 4.19. The van der Waals surface area contributed by atoms with Crippen LogP contribution in [0.25, 0.3) is 0 Å². The largest absolute Gasteiger partial charge is 0.461 e. The fraction of sp³-hybridized carbons (Fsp3) is 0.800. The maximum absolute atomic E-state index is 5.67. The number of rotatable bonds is 6. The molecule has 1 aromatic heterocycles. The number of ether oxygens (including phenoxy) is 1. The van der Waals surface area contributed by atoms with Crippen LogP contribution in [0.1, 0.15) is 47.5 Å². The summed E-state index contributed by atoms with van der Waals surface area (Å²) in [5.74, 6) is 1.98. The second kappa shape index (κ2) is 6.91. The summed E-state index contributed by atoms with van der Waals surface area (Å²) in [6, 6.07) is 0.855. The fourth-order valence-electron chi connectivity index (χ4n) is 2.63. The Morgan fingerprint density at radius 2 is 2.05 bits per heavy atom. The van der Waals surface area contributed by atoms with E-state index in [1.165, 1.54) is 6.42 Å². The minimum absolute atomic E-state index is 0.0502. The summed E-state index contributed by atoms with van der Waals surface area (Å²) in [5.41, 5.74) is 0. The molecule has 1 aliphatic rings. The lowest BCUT2D eigenvalue weighted by molar-refractivity contribution is 0.222. The molecule has 1 aromatic rings. The molecule has 1 aliphatic heterocycles. The molecule has 0 saturated carbocycles. The van der Waals surface area contributed by atoms with E-state index in [-0.39, 0.29) is 6.10 Å². The van der Waals surface area contributed by atoms with Crippen LogP contribution < -0.4 is 15.0 Å². The highest BCUT2D eigenvalue weighted by molar-refractivity contribution is 5.40. The summed E-state index contributed by atoms with van der Waals surface area (Å²) in [4.78, 5) is 15.6. The average Bonchev–Trinajstić information content (AvgIpc) is 2.74. The van der Waals surface area contributed by atoms with Crippen molar-refractivity contribution in [3.63, 3.8) is 0 Å². The molecule has 0 radical (unpaired) electrons. The number of hydrogen-bond acceptors (Lipinski definition) is 6. The van der Waals surface area contributed by atoms with Crippen LogP contribution in [0.5, 0.6) is 6.01 Å². The van der Waals surface area contributed by atoms with Gasteiger partial charge in [-0.3, -0.25) is 0 Å². The quantitative estimate of drug-likeness (QED) is 0.870. The van der Waals surface area contributed by atoms with E-state index in [2.05, 4.69) is 45.9 Å². The Kier molecular flexibility index (Phi) is 5.20. The highest BCUT2D eigenvalue weighted by Gasteiger charge is 2.29. The monoisotopic (exact) mass is 293 g/mol. The van der Waals surface area contributed by atoms with E-state index in [0.29, 0.717) is 23.9 Å². The first-order chi connectivity index (χ1) is 9.99. The van der Waals surface area contributed by atoms with Crippen LogP contribution in [0.3, 0.4) is 0 Å². The molecule has 0 spiro atoms. The molecule has 6 heteroatoms. The number of anilines is 2. The van der Waals surface area contributed by atoms with Crippen molar-refractivity contribution in [2.45, 2.75) is 59.6 Å². The van der Waals surface area contributed by atoms with Crippen LogP contribution in [0.2, 0.25) is 0 Å². The van der Waals surface area contributed by atoms with Crippen molar-refractivity contribution in [3.05, 3.63) is 0 Å². The van der Waals surface area contributed by atoms with Gasteiger partial charge >= 0.3 is 6.01 Å². The zero-order valence-corrected chi connectivity index (χ0v) is 13.8. The lowest BCUT2D eigenvalue weighted by Crippen LogP contribution is -2.29. The number of nitrogens with one attached hydrogen (secondary N) is 1. The number of hydrogen-bond donors (Lipinski definition) is 1. The van der Waals surface area contributed by atoms with E-state index < -0.39 is 0 Å². The first-order valence-corrected chi connectivity index (χ1v) is 7.92. The molecule has 0 amide bonds. The molecule has 2 unspecified atom stereocenters. The first-order valence-electron chi connectivity index (χ1n) is 7.92. The third-order valence-corrected chi connectivity index (χ3v) is 3.52. The van der Waals surface area contributed by atoms with Gasteiger partial charge in [0.05, 0.1) is 6.10 Å². The van der Waals surface area contributed by atoms with Crippen molar-refractivity contribution >= 4 is 11.9 Å². The minimum Gasteiger partial charge on any atom is -0.461 e. The summed E-state index contributed by atoms with van der Waals surface area (Å²) in [7, 11) is 0. The van der Waals surface area contributed by atoms with Gasteiger partial charge in [-0.05, 0) is 39.5 Å². The van der Waals surface area contributed by atoms with Crippen LogP contribution >= 0.6 is 0 Å². The molecule has 2 atom stereocenters. The van der Waals surface area contributed by atoms with Gasteiger partial charge in [0.15, 0.2) is 0 Å². The molecule has 21 heavy (non-hydrogen) atoms. The van der Waals surface area contributed by atoms with E-state index in [0.717, 1.165) is 25.5 Å². The fourth-order valence-corrected chi connectivity index (χ4v) is 2.63. The van der Waals surface area contributed by atoms with Crippen molar-refractivity contribution in [1.29, 1.82) is 0 Å².